The van der Waals surface area contributed by atoms with Gasteiger partial charge in [-0.2, -0.15) is 0 Å². The maximum absolute atomic E-state index is 14.1. The second-order valence-corrected chi connectivity index (χ2v) is 6.31. The third-order valence-electron chi connectivity index (χ3n) is 4.34. The van der Waals surface area contributed by atoms with E-state index in [1.165, 1.54) is 11.0 Å². The van der Waals surface area contributed by atoms with Gasteiger partial charge in [0.05, 0.1) is 17.9 Å². The fraction of sp³-hybridized carbons (Fsp3) is 0.389. The number of carbonyl (C=O) groups excluding carboxylic acids is 2. The first-order valence-electron chi connectivity index (χ1n) is 8.34. The number of carbonyl (C=O) groups is 2. The summed E-state index contributed by atoms with van der Waals surface area (Å²) in [5.41, 5.74) is 1.03. The Morgan fingerprint density at radius 3 is 3.00 bits per heavy atom. The zero-order chi connectivity index (χ0) is 17.8. The topological polar surface area (TPSA) is 67.2 Å². The van der Waals surface area contributed by atoms with Gasteiger partial charge in [-0.15, -0.1) is 0 Å². The lowest BCUT2D eigenvalue weighted by Gasteiger charge is -2.17. The maximum Gasteiger partial charge on any atom is 0.227 e. The average Bonchev–Trinajstić information content (AvgIpc) is 3.21. The van der Waals surface area contributed by atoms with Crippen molar-refractivity contribution in [2.24, 2.45) is 5.92 Å². The molecule has 132 valence electrons. The molecule has 6 nitrogen and oxygen atoms in total. The van der Waals surface area contributed by atoms with Crippen LogP contribution in [-0.4, -0.2) is 34.5 Å². The number of aryl methyl sites for hydroxylation is 2. The van der Waals surface area contributed by atoms with Gasteiger partial charge in [0, 0.05) is 38.4 Å². The van der Waals surface area contributed by atoms with E-state index in [0.717, 1.165) is 18.5 Å². The lowest BCUT2D eigenvalue weighted by Crippen LogP contribution is -2.34. The van der Waals surface area contributed by atoms with Gasteiger partial charge >= 0.3 is 0 Å². The number of imidazole rings is 1. The summed E-state index contributed by atoms with van der Waals surface area (Å²) in [4.78, 5) is 29.8. The van der Waals surface area contributed by atoms with Crippen LogP contribution in [0.2, 0.25) is 0 Å². The lowest BCUT2D eigenvalue weighted by atomic mass is 10.1. The van der Waals surface area contributed by atoms with Gasteiger partial charge in [0.25, 0.3) is 0 Å². The van der Waals surface area contributed by atoms with Crippen LogP contribution in [0.25, 0.3) is 0 Å². The summed E-state index contributed by atoms with van der Waals surface area (Å²) in [6.45, 7) is 3.30. The van der Waals surface area contributed by atoms with Crippen molar-refractivity contribution in [1.29, 1.82) is 0 Å². The van der Waals surface area contributed by atoms with Crippen LogP contribution in [0, 0.1) is 18.7 Å². The zero-order valence-corrected chi connectivity index (χ0v) is 14.1. The third kappa shape index (κ3) is 4.04. The monoisotopic (exact) mass is 344 g/mol. The minimum atomic E-state index is -0.443. The highest BCUT2D eigenvalue weighted by Crippen LogP contribution is 2.28. The predicted molar refractivity (Wildman–Crippen MR) is 91.5 cm³/mol. The van der Waals surface area contributed by atoms with Crippen molar-refractivity contribution in [3.8, 4) is 0 Å². The van der Waals surface area contributed by atoms with Crippen LogP contribution in [0.1, 0.15) is 18.4 Å². The molecule has 0 bridgehead atoms. The van der Waals surface area contributed by atoms with Crippen molar-refractivity contribution in [3.63, 3.8) is 0 Å². The van der Waals surface area contributed by atoms with Gasteiger partial charge in [-0.1, -0.05) is 6.07 Å². The Kier molecular flexibility index (Phi) is 5.11. The molecule has 0 saturated carbocycles. The van der Waals surface area contributed by atoms with Crippen LogP contribution in [0.3, 0.4) is 0 Å². The normalized spacial score (nSPS) is 17.1. The summed E-state index contributed by atoms with van der Waals surface area (Å²) in [6, 6.07) is 4.75. The van der Waals surface area contributed by atoms with Gasteiger partial charge in [-0.3, -0.25) is 9.59 Å². The smallest absolute Gasteiger partial charge is 0.227 e. The zero-order valence-electron chi connectivity index (χ0n) is 14.1. The second kappa shape index (κ2) is 7.46. The molecule has 1 N–H and O–H groups in total. The molecule has 1 atom stereocenters. The van der Waals surface area contributed by atoms with Gasteiger partial charge in [-0.05, 0) is 31.0 Å². The summed E-state index contributed by atoms with van der Waals surface area (Å²) >= 11 is 0. The summed E-state index contributed by atoms with van der Waals surface area (Å²) in [7, 11) is 0. The molecule has 7 heteroatoms. The number of rotatable bonds is 6. The molecule has 1 aliphatic rings. The summed E-state index contributed by atoms with van der Waals surface area (Å²) < 4.78 is 16.0. The molecular weight excluding hydrogens is 323 g/mol. The van der Waals surface area contributed by atoms with Crippen molar-refractivity contribution in [2.75, 3.05) is 18.0 Å². The minimum absolute atomic E-state index is 0.112. The summed E-state index contributed by atoms with van der Waals surface area (Å²) in [5.74, 6) is -1.26. The number of nitrogens with zero attached hydrogens (tertiary/aromatic N) is 3. The Labute approximate surface area is 145 Å². The molecule has 0 aliphatic carbocycles. The lowest BCUT2D eigenvalue weighted by molar-refractivity contribution is -0.126. The van der Waals surface area contributed by atoms with Crippen LogP contribution in [0.5, 0.6) is 0 Å². The molecule has 2 amide bonds. The van der Waals surface area contributed by atoms with E-state index in [9.17, 15) is 14.0 Å². The van der Waals surface area contributed by atoms with Gasteiger partial charge in [0.1, 0.15) is 5.82 Å². The molecule has 0 spiro atoms. The number of aromatic nitrogens is 2. The van der Waals surface area contributed by atoms with E-state index in [-0.39, 0.29) is 30.5 Å². The van der Waals surface area contributed by atoms with Gasteiger partial charge < -0.3 is 14.8 Å². The number of halogens is 1. The summed E-state index contributed by atoms with van der Waals surface area (Å²) in [5, 5.41) is 2.86. The first kappa shape index (κ1) is 17.1. The second-order valence-electron chi connectivity index (χ2n) is 6.31. The highest BCUT2D eigenvalue weighted by atomic mass is 19.1. The highest BCUT2D eigenvalue weighted by molar-refractivity contribution is 6.00. The molecule has 0 unspecified atom stereocenters. The minimum Gasteiger partial charge on any atom is -0.356 e. The number of amides is 2. The SMILES string of the molecule is Cc1ccc(N2C[C@H](C(=O)NCCCn3ccnc3)CC2=O)c(F)c1. The molecular formula is C18H21FN4O2. The van der Waals surface area contributed by atoms with E-state index in [1.54, 1.807) is 31.6 Å². The van der Waals surface area contributed by atoms with Crippen molar-refractivity contribution >= 4 is 17.5 Å². The van der Waals surface area contributed by atoms with E-state index in [0.29, 0.717) is 6.54 Å². The fourth-order valence-corrected chi connectivity index (χ4v) is 2.98. The fourth-order valence-electron chi connectivity index (χ4n) is 2.98. The summed E-state index contributed by atoms with van der Waals surface area (Å²) in [6.07, 6.45) is 6.19. The molecule has 25 heavy (non-hydrogen) atoms. The molecule has 1 aromatic heterocycles. The molecule has 0 radical (unpaired) electrons. The Morgan fingerprint density at radius 2 is 2.28 bits per heavy atom. The van der Waals surface area contributed by atoms with E-state index in [1.807, 2.05) is 10.8 Å². The van der Waals surface area contributed by atoms with Gasteiger partial charge in [0.15, 0.2) is 0 Å². The molecule has 2 aromatic rings. The van der Waals surface area contributed by atoms with Crippen LogP contribution in [0.15, 0.2) is 36.9 Å². The molecule has 1 aliphatic heterocycles. The number of anilines is 1. The van der Waals surface area contributed by atoms with E-state index in [4.69, 9.17) is 0 Å². The van der Waals surface area contributed by atoms with Crippen molar-refractivity contribution in [1.82, 2.24) is 14.9 Å². The Bertz CT molecular complexity index is 760. The predicted octanol–water partition coefficient (Wildman–Crippen LogP) is 1.89. The number of hydrogen-bond acceptors (Lipinski definition) is 3. The first-order valence-corrected chi connectivity index (χ1v) is 8.34. The maximum atomic E-state index is 14.1. The average molecular weight is 344 g/mol. The molecule has 1 aromatic carbocycles. The molecule has 1 fully saturated rings. The van der Waals surface area contributed by atoms with E-state index >= 15 is 0 Å². The standard InChI is InChI=1S/C18H21FN4O2/c1-13-3-4-16(15(19)9-13)23-11-14(10-17(23)24)18(25)21-5-2-7-22-8-6-20-12-22/h3-4,6,8-9,12,14H,2,5,7,10-11H2,1H3,(H,21,25)/t14-/m1/s1. The Morgan fingerprint density at radius 1 is 1.44 bits per heavy atom. The van der Waals surface area contributed by atoms with Gasteiger partial charge in [-0.25, -0.2) is 9.37 Å². The van der Waals surface area contributed by atoms with Crippen molar-refractivity contribution in [2.45, 2.75) is 26.3 Å². The molecule has 1 saturated heterocycles. The number of benzene rings is 1. The van der Waals surface area contributed by atoms with Crippen LogP contribution in [0.4, 0.5) is 10.1 Å². The van der Waals surface area contributed by atoms with E-state index in [2.05, 4.69) is 10.3 Å². The van der Waals surface area contributed by atoms with E-state index < -0.39 is 11.7 Å². The van der Waals surface area contributed by atoms with Crippen molar-refractivity contribution < 1.29 is 14.0 Å². The highest BCUT2D eigenvalue weighted by Gasteiger charge is 2.35. The largest absolute Gasteiger partial charge is 0.356 e. The van der Waals surface area contributed by atoms with Crippen LogP contribution in [-0.2, 0) is 16.1 Å². The Hall–Kier alpha value is -2.70. The van der Waals surface area contributed by atoms with Gasteiger partial charge in [0.2, 0.25) is 11.8 Å². The van der Waals surface area contributed by atoms with Crippen molar-refractivity contribution in [3.05, 3.63) is 48.3 Å². The van der Waals surface area contributed by atoms with Crippen LogP contribution < -0.4 is 10.2 Å². The first-order chi connectivity index (χ1) is 12.0. The third-order valence-corrected chi connectivity index (χ3v) is 4.34. The molecule has 3 rings (SSSR count). The number of hydrogen-bond donors (Lipinski definition) is 1. The quantitative estimate of drug-likeness (QED) is 0.814. The Balaban J connectivity index is 1.52. The number of nitrogens with one attached hydrogen (secondary N) is 1. The van der Waals surface area contributed by atoms with Crippen LogP contribution >= 0.6 is 0 Å². The molecule has 2 heterocycles.